The molecule has 4 aliphatic rings. The summed E-state index contributed by atoms with van der Waals surface area (Å²) in [5.74, 6) is -3.92. The van der Waals surface area contributed by atoms with Crippen molar-refractivity contribution in [2.45, 2.75) is 76.0 Å². The van der Waals surface area contributed by atoms with Gasteiger partial charge in [-0.2, -0.15) is 0 Å². The summed E-state index contributed by atoms with van der Waals surface area (Å²) in [5, 5.41) is 11.0. The molecule has 11 nitrogen and oxygen atoms in total. The Bertz CT molecular complexity index is 2010. The third-order valence-corrected chi connectivity index (χ3v) is 12.8. The minimum absolute atomic E-state index is 0.125. The number of likely N-dealkylation sites (tertiary alicyclic amines) is 1. The van der Waals surface area contributed by atoms with E-state index in [0.717, 1.165) is 24.3 Å². The highest BCUT2D eigenvalue weighted by atomic mass is 79.9. The summed E-state index contributed by atoms with van der Waals surface area (Å²) in [5.41, 5.74) is 1.64. The van der Waals surface area contributed by atoms with Crippen molar-refractivity contribution >= 4 is 51.0 Å². The van der Waals surface area contributed by atoms with E-state index in [-0.39, 0.29) is 25.3 Å². The molecule has 4 heterocycles. The molecule has 0 aliphatic carbocycles. The number of hydrogen-bond donors (Lipinski definition) is 1. The Balaban J connectivity index is 1.37. The Morgan fingerprint density at radius 2 is 1.56 bits per heavy atom. The van der Waals surface area contributed by atoms with Crippen molar-refractivity contribution < 1.29 is 33.8 Å². The summed E-state index contributed by atoms with van der Waals surface area (Å²) in [6.07, 6.45) is 4.68. The number of amides is 3. The molecule has 3 amide bonds. The van der Waals surface area contributed by atoms with Crippen LogP contribution in [0, 0.1) is 11.8 Å². The molecule has 8 atom stereocenters. The Morgan fingerprint density at radius 1 is 0.895 bits per heavy atom. The number of allylic oxidation sites excluding steroid dienone is 1. The van der Waals surface area contributed by atoms with Gasteiger partial charge in [-0.1, -0.05) is 88.7 Å². The number of carbonyl (C=O) groups excluding carboxylic acids is 4. The molecule has 1 spiro atoms. The minimum Gasteiger partial charge on any atom is -0.455 e. The standard InChI is InChI=1S/C45H51BrN4O7/c1-5-48(6-2)32-21-23-33(24-22-32)49-25-15-9-14-20-36(52)47(4)29(3)39(31-18-12-8-13-19-31)56-44(55)37-38-42(53)50(34(28-51)26-30-16-10-7-11-17-30)41(43(49)54)45(38)27-35(46)40(37)57-45/h7-13,15-19,21-24,27,29,34,37-41,51H,5-6,14,20,25-26,28H2,1-4H3/b15-9-/t29-,34+,37+,38-,39+,40+,41+,45-/m0/s1. The Labute approximate surface area is 343 Å². The van der Waals surface area contributed by atoms with E-state index in [1.807, 2.05) is 104 Å². The first-order valence-corrected chi connectivity index (χ1v) is 20.7. The molecule has 4 aliphatic heterocycles. The first-order valence-electron chi connectivity index (χ1n) is 19.9. The molecule has 2 fully saturated rings. The van der Waals surface area contributed by atoms with Crippen molar-refractivity contribution in [2.75, 3.05) is 43.1 Å². The van der Waals surface area contributed by atoms with E-state index >= 15 is 9.59 Å². The smallest absolute Gasteiger partial charge is 0.313 e. The summed E-state index contributed by atoms with van der Waals surface area (Å²) in [6, 6.07) is 23.9. The van der Waals surface area contributed by atoms with Gasteiger partial charge in [-0.25, -0.2) is 0 Å². The third kappa shape index (κ3) is 7.43. The molecule has 0 unspecified atom stereocenters. The molecule has 57 heavy (non-hydrogen) atoms. The van der Waals surface area contributed by atoms with Gasteiger partial charge < -0.3 is 34.2 Å². The highest BCUT2D eigenvalue weighted by Crippen LogP contribution is 2.59. The van der Waals surface area contributed by atoms with Crippen molar-refractivity contribution in [3.05, 3.63) is 119 Å². The molecular weight excluding hydrogens is 788 g/mol. The molecule has 7 rings (SSSR count). The number of halogens is 1. The second kappa shape index (κ2) is 17.0. The van der Waals surface area contributed by atoms with Gasteiger partial charge >= 0.3 is 5.97 Å². The van der Waals surface area contributed by atoms with E-state index in [4.69, 9.17) is 9.47 Å². The largest absolute Gasteiger partial charge is 0.455 e. The number of anilines is 2. The van der Waals surface area contributed by atoms with E-state index in [0.29, 0.717) is 22.2 Å². The predicted molar refractivity (Wildman–Crippen MR) is 221 cm³/mol. The van der Waals surface area contributed by atoms with Crippen LogP contribution in [-0.4, -0.2) is 102 Å². The SMILES string of the molecule is CCN(CC)c1ccc(N2C/C=C\CCC(=O)N(C)[C@@H](C)[C@H](c3ccccc3)OC(=O)[C@H]3[C@@H]4O[C@@]5(C=C4Br)[C@@H]3C(=O)N([C@@H](CO)Cc3ccccc3)[C@@H]5C2=O)cc1. The zero-order valence-electron chi connectivity index (χ0n) is 32.9. The van der Waals surface area contributed by atoms with E-state index in [1.165, 1.54) is 4.90 Å². The van der Waals surface area contributed by atoms with Crippen LogP contribution < -0.4 is 9.80 Å². The molecule has 0 aromatic heterocycles. The number of fused-ring (bicyclic) bond motifs is 2. The predicted octanol–water partition coefficient (Wildman–Crippen LogP) is 5.82. The number of hydrogen-bond acceptors (Lipinski definition) is 8. The molecular formula is C45H51BrN4O7. The Hall–Kier alpha value is -4.78. The van der Waals surface area contributed by atoms with Gasteiger partial charge in [-0.15, -0.1) is 0 Å². The summed E-state index contributed by atoms with van der Waals surface area (Å²) in [4.78, 5) is 66.0. The fourth-order valence-electron chi connectivity index (χ4n) is 9.04. The summed E-state index contributed by atoms with van der Waals surface area (Å²) >= 11 is 3.66. The van der Waals surface area contributed by atoms with Crippen molar-refractivity contribution in [1.29, 1.82) is 0 Å². The quantitative estimate of drug-likeness (QED) is 0.212. The van der Waals surface area contributed by atoms with Crippen LogP contribution in [0.25, 0.3) is 0 Å². The fraction of sp³-hybridized carbons (Fsp3) is 0.422. The van der Waals surface area contributed by atoms with Crippen LogP contribution in [0.1, 0.15) is 50.8 Å². The molecule has 300 valence electrons. The lowest BCUT2D eigenvalue weighted by Crippen LogP contribution is -2.59. The van der Waals surface area contributed by atoms with Crippen LogP contribution in [0.5, 0.6) is 0 Å². The van der Waals surface area contributed by atoms with Crippen molar-refractivity contribution in [2.24, 2.45) is 11.8 Å². The Kier molecular flexibility index (Phi) is 12.0. The number of esters is 1. The van der Waals surface area contributed by atoms with Gasteiger partial charge in [-0.05, 0) is 75.1 Å². The number of cyclic esters (lactones) is 1. The average Bonchev–Trinajstić information content (AvgIpc) is 3.83. The topological polar surface area (TPSA) is 120 Å². The molecule has 3 aromatic rings. The molecule has 12 heteroatoms. The van der Waals surface area contributed by atoms with Gasteiger partial charge in [0.25, 0.3) is 5.91 Å². The number of carbonyl (C=O) groups is 4. The maximum absolute atomic E-state index is 15.5. The minimum atomic E-state index is -1.55. The molecule has 5 bridgehead atoms. The maximum atomic E-state index is 15.5. The number of likely N-dealkylation sites (N-methyl/N-ethyl adjacent to an activating group) is 1. The maximum Gasteiger partial charge on any atom is 0.313 e. The first kappa shape index (κ1) is 40.4. The summed E-state index contributed by atoms with van der Waals surface area (Å²) in [6.45, 7) is 7.36. The number of aliphatic hydroxyl groups excluding tert-OH is 1. The van der Waals surface area contributed by atoms with Crippen LogP contribution in [0.2, 0.25) is 0 Å². The normalized spacial score (nSPS) is 28.9. The number of ether oxygens (including phenoxy) is 2. The molecule has 0 radical (unpaired) electrons. The Morgan fingerprint density at radius 3 is 2.21 bits per heavy atom. The highest BCUT2D eigenvalue weighted by molar-refractivity contribution is 9.11. The van der Waals surface area contributed by atoms with Crippen molar-refractivity contribution in [3.8, 4) is 0 Å². The van der Waals surface area contributed by atoms with Gasteiger partial charge in [0.1, 0.15) is 29.8 Å². The number of nitrogens with zero attached hydrogens (tertiary/aromatic N) is 4. The molecule has 2 saturated heterocycles. The summed E-state index contributed by atoms with van der Waals surface area (Å²) in [7, 11) is 1.70. The number of rotatable bonds is 9. The number of benzene rings is 3. The second-order valence-electron chi connectivity index (χ2n) is 15.3. The second-order valence-corrected chi connectivity index (χ2v) is 16.2. The van der Waals surface area contributed by atoms with E-state index < -0.39 is 72.2 Å². The summed E-state index contributed by atoms with van der Waals surface area (Å²) < 4.78 is 13.8. The first-order chi connectivity index (χ1) is 27.5. The van der Waals surface area contributed by atoms with Crippen LogP contribution >= 0.6 is 15.9 Å². The van der Waals surface area contributed by atoms with Crippen LogP contribution in [-0.2, 0) is 35.1 Å². The van der Waals surface area contributed by atoms with Gasteiger partial charge in [0.05, 0.1) is 24.6 Å². The average molecular weight is 840 g/mol. The van der Waals surface area contributed by atoms with Crippen LogP contribution in [0.4, 0.5) is 11.4 Å². The molecule has 1 N–H and O–H groups in total. The van der Waals surface area contributed by atoms with Crippen LogP contribution in [0.15, 0.2) is 108 Å². The van der Waals surface area contributed by atoms with E-state index in [9.17, 15) is 14.7 Å². The van der Waals surface area contributed by atoms with E-state index in [1.54, 1.807) is 22.9 Å². The van der Waals surface area contributed by atoms with Gasteiger partial charge in [0, 0.05) is 49.0 Å². The monoisotopic (exact) mass is 838 g/mol. The van der Waals surface area contributed by atoms with Crippen molar-refractivity contribution in [3.63, 3.8) is 0 Å². The van der Waals surface area contributed by atoms with Crippen LogP contribution in [0.3, 0.4) is 0 Å². The van der Waals surface area contributed by atoms with Gasteiger partial charge in [-0.3, -0.25) is 19.2 Å². The van der Waals surface area contributed by atoms with Gasteiger partial charge in [0.15, 0.2) is 0 Å². The number of aliphatic hydroxyl groups is 1. The highest BCUT2D eigenvalue weighted by Gasteiger charge is 2.75. The van der Waals surface area contributed by atoms with E-state index in [2.05, 4.69) is 34.7 Å². The lowest BCUT2D eigenvalue weighted by atomic mass is 9.74. The lowest BCUT2D eigenvalue weighted by Gasteiger charge is -2.39. The third-order valence-electron chi connectivity index (χ3n) is 12.1. The molecule has 3 aromatic carbocycles. The zero-order chi connectivity index (χ0) is 40.4. The lowest BCUT2D eigenvalue weighted by molar-refractivity contribution is -0.164. The molecule has 0 saturated carbocycles. The van der Waals surface area contributed by atoms with Gasteiger partial charge in [0.2, 0.25) is 11.8 Å². The van der Waals surface area contributed by atoms with Crippen molar-refractivity contribution in [1.82, 2.24) is 9.80 Å². The zero-order valence-corrected chi connectivity index (χ0v) is 34.5. The fourth-order valence-corrected chi connectivity index (χ4v) is 9.78.